The van der Waals surface area contributed by atoms with Gasteiger partial charge >= 0.3 is 0 Å². The van der Waals surface area contributed by atoms with Crippen molar-refractivity contribution in [3.63, 3.8) is 0 Å². The molecule has 1 aromatic carbocycles. The molecular weight excluding hydrogens is 242 g/mol. The molecule has 98 valence electrons. The van der Waals surface area contributed by atoms with E-state index in [0.717, 1.165) is 16.6 Å². The number of amides is 1. The van der Waals surface area contributed by atoms with E-state index < -0.39 is 0 Å². The average Bonchev–Trinajstić information content (AvgIpc) is 2.46. The predicted octanol–water partition coefficient (Wildman–Crippen LogP) is 0.372. The number of pyridine rings is 1. The topological polar surface area (TPSA) is 79.2 Å². The number of aromatic amines is 1. The summed E-state index contributed by atoms with van der Waals surface area (Å²) in [5, 5.41) is 1.60. The number of carbonyl (C=O) groups excluding carboxylic acids is 1. The minimum Gasteiger partial charge on any atom is -0.337 e. The third-order valence-corrected chi connectivity index (χ3v) is 3.63. The number of hydrogen-bond donors (Lipinski definition) is 2. The van der Waals surface area contributed by atoms with E-state index in [1.165, 1.54) is 0 Å². The molecule has 0 saturated carbocycles. The van der Waals surface area contributed by atoms with E-state index in [-0.39, 0.29) is 18.0 Å². The summed E-state index contributed by atoms with van der Waals surface area (Å²) >= 11 is 0. The number of carbonyl (C=O) groups is 1. The molecule has 1 aliphatic heterocycles. The summed E-state index contributed by atoms with van der Waals surface area (Å²) in [5.74, 6) is -0.0547. The molecule has 0 bridgehead atoms. The first-order valence-electron chi connectivity index (χ1n) is 6.31. The monoisotopic (exact) mass is 257 g/mol. The van der Waals surface area contributed by atoms with E-state index in [1.807, 2.05) is 18.2 Å². The molecule has 2 aromatic rings. The lowest BCUT2D eigenvalue weighted by atomic mass is 9.99. The van der Waals surface area contributed by atoms with Crippen molar-refractivity contribution in [1.29, 1.82) is 0 Å². The third-order valence-electron chi connectivity index (χ3n) is 3.63. The van der Waals surface area contributed by atoms with Crippen LogP contribution in [0.25, 0.3) is 10.8 Å². The molecule has 3 rings (SSSR count). The van der Waals surface area contributed by atoms with Crippen molar-refractivity contribution in [2.75, 3.05) is 13.1 Å². The van der Waals surface area contributed by atoms with Gasteiger partial charge in [0.25, 0.3) is 5.56 Å². The number of H-pyrrole nitrogens is 1. The van der Waals surface area contributed by atoms with Crippen LogP contribution in [-0.2, 0) is 17.8 Å². The molecule has 0 radical (unpaired) electrons. The number of rotatable bonds is 1. The lowest BCUT2D eigenvalue weighted by molar-refractivity contribution is -0.130. The number of nitrogens with zero attached hydrogens (tertiary/aromatic N) is 1. The molecule has 0 spiro atoms. The summed E-state index contributed by atoms with van der Waals surface area (Å²) in [6.07, 6.45) is 0.668. The van der Waals surface area contributed by atoms with Crippen LogP contribution in [0.2, 0.25) is 0 Å². The van der Waals surface area contributed by atoms with Crippen molar-refractivity contribution < 1.29 is 4.79 Å². The van der Waals surface area contributed by atoms with Gasteiger partial charge in [-0.1, -0.05) is 18.2 Å². The van der Waals surface area contributed by atoms with Crippen LogP contribution in [0.3, 0.4) is 0 Å². The van der Waals surface area contributed by atoms with Crippen molar-refractivity contribution in [3.8, 4) is 0 Å². The zero-order valence-electron chi connectivity index (χ0n) is 10.5. The molecule has 0 unspecified atom stereocenters. The summed E-state index contributed by atoms with van der Waals surface area (Å²) in [6.45, 7) is 1.15. The number of nitrogens with two attached hydrogens (primary N) is 1. The van der Waals surface area contributed by atoms with Crippen molar-refractivity contribution in [2.45, 2.75) is 13.0 Å². The molecule has 5 nitrogen and oxygen atoms in total. The lowest BCUT2D eigenvalue weighted by Crippen LogP contribution is -2.40. The highest BCUT2D eigenvalue weighted by Gasteiger charge is 2.22. The first-order valence-corrected chi connectivity index (χ1v) is 6.31. The smallest absolute Gasteiger partial charge is 0.256 e. The summed E-state index contributed by atoms with van der Waals surface area (Å²) in [5.41, 5.74) is 7.31. The van der Waals surface area contributed by atoms with Gasteiger partial charge in [-0.2, -0.15) is 0 Å². The van der Waals surface area contributed by atoms with Gasteiger partial charge in [-0.05, 0) is 17.0 Å². The van der Waals surface area contributed by atoms with Crippen molar-refractivity contribution in [1.82, 2.24) is 9.88 Å². The molecular formula is C14H15N3O2. The van der Waals surface area contributed by atoms with Crippen molar-refractivity contribution >= 4 is 16.7 Å². The number of nitrogens with one attached hydrogen (secondary N) is 1. The maximum Gasteiger partial charge on any atom is 0.256 e. The Morgan fingerprint density at radius 3 is 2.79 bits per heavy atom. The Bertz CT molecular complexity index is 705. The Hall–Kier alpha value is -2.14. The van der Waals surface area contributed by atoms with Gasteiger partial charge in [-0.3, -0.25) is 9.59 Å². The first kappa shape index (κ1) is 11.9. The normalized spacial score (nSPS) is 14.5. The fraction of sp³-hybridized carbons (Fsp3) is 0.286. The van der Waals surface area contributed by atoms with E-state index in [4.69, 9.17) is 5.73 Å². The second-order valence-electron chi connectivity index (χ2n) is 4.73. The van der Waals surface area contributed by atoms with Gasteiger partial charge in [-0.15, -0.1) is 0 Å². The summed E-state index contributed by atoms with van der Waals surface area (Å²) in [4.78, 5) is 28.3. The van der Waals surface area contributed by atoms with Gasteiger partial charge in [0.1, 0.15) is 0 Å². The number of fused-ring (bicyclic) bond motifs is 3. The Morgan fingerprint density at radius 1 is 1.32 bits per heavy atom. The summed E-state index contributed by atoms with van der Waals surface area (Å²) < 4.78 is 0. The van der Waals surface area contributed by atoms with Crippen LogP contribution in [0.1, 0.15) is 11.3 Å². The number of hydrogen-bond acceptors (Lipinski definition) is 3. The van der Waals surface area contributed by atoms with E-state index in [1.54, 1.807) is 11.0 Å². The fourth-order valence-corrected chi connectivity index (χ4v) is 2.64. The van der Waals surface area contributed by atoms with Crippen LogP contribution in [0.15, 0.2) is 29.1 Å². The van der Waals surface area contributed by atoms with Crippen LogP contribution in [0.4, 0.5) is 0 Å². The maximum atomic E-state index is 12.0. The molecule has 19 heavy (non-hydrogen) atoms. The number of aromatic nitrogens is 1. The third kappa shape index (κ3) is 1.92. The standard InChI is InChI=1S/C14H15N3O2/c15-7-13(18)17-6-5-12-11(8-17)9-3-1-2-4-10(9)14(19)16-12/h1-4H,5-8,15H2,(H,16,19). The second-order valence-corrected chi connectivity index (χ2v) is 4.73. The molecule has 3 N–H and O–H groups in total. The first-order chi connectivity index (χ1) is 9.20. The highest BCUT2D eigenvalue weighted by atomic mass is 16.2. The molecule has 0 fully saturated rings. The van der Waals surface area contributed by atoms with Gasteiger partial charge in [0, 0.05) is 30.6 Å². The molecule has 1 aromatic heterocycles. The Labute approximate surface area is 110 Å². The van der Waals surface area contributed by atoms with Crippen LogP contribution in [-0.4, -0.2) is 28.9 Å². The molecule has 0 saturated heterocycles. The largest absolute Gasteiger partial charge is 0.337 e. The summed E-state index contributed by atoms with van der Waals surface area (Å²) in [6, 6.07) is 7.49. The Morgan fingerprint density at radius 2 is 2.05 bits per heavy atom. The average molecular weight is 257 g/mol. The number of benzene rings is 1. The van der Waals surface area contributed by atoms with E-state index >= 15 is 0 Å². The van der Waals surface area contributed by atoms with E-state index in [9.17, 15) is 9.59 Å². The minimum atomic E-state index is -0.0621. The van der Waals surface area contributed by atoms with Gasteiger partial charge in [-0.25, -0.2) is 0 Å². The zero-order valence-corrected chi connectivity index (χ0v) is 10.5. The van der Waals surface area contributed by atoms with E-state index in [2.05, 4.69) is 4.98 Å². The Kier molecular flexibility index (Phi) is 2.83. The van der Waals surface area contributed by atoms with Crippen LogP contribution in [0, 0.1) is 0 Å². The van der Waals surface area contributed by atoms with Gasteiger partial charge in [0.2, 0.25) is 5.91 Å². The highest BCUT2D eigenvalue weighted by molar-refractivity contribution is 5.86. The van der Waals surface area contributed by atoms with Gasteiger partial charge < -0.3 is 15.6 Å². The van der Waals surface area contributed by atoms with Gasteiger partial charge in [0.15, 0.2) is 0 Å². The molecule has 5 heteroatoms. The fourth-order valence-electron chi connectivity index (χ4n) is 2.64. The molecule has 1 aliphatic rings. The van der Waals surface area contributed by atoms with Crippen LogP contribution < -0.4 is 11.3 Å². The van der Waals surface area contributed by atoms with Crippen LogP contribution >= 0.6 is 0 Å². The molecule has 0 atom stereocenters. The highest BCUT2D eigenvalue weighted by Crippen LogP contribution is 2.23. The molecule has 2 heterocycles. The van der Waals surface area contributed by atoms with Gasteiger partial charge in [0.05, 0.1) is 6.54 Å². The SMILES string of the molecule is NCC(=O)N1CCc2[nH]c(=O)c3ccccc3c2C1. The Balaban J connectivity index is 2.15. The quantitative estimate of drug-likeness (QED) is 0.774. The van der Waals surface area contributed by atoms with Crippen molar-refractivity contribution in [3.05, 3.63) is 45.9 Å². The zero-order chi connectivity index (χ0) is 13.4. The second kappa shape index (κ2) is 4.51. The molecule has 0 aliphatic carbocycles. The maximum absolute atomic E-state index is 12.0. The lowest BCUT2D eigenvalue weighted by Gasteiger charge is -2.29. The predicted molar refractivity (Wildman–Crippen MR) is 72.7 cm³/mol. The summed E-state index contributed by atoms with van der Waals surface area (Å²) in [7, 11) is 0. The van der Waals surface area contributed by atoms with E-state index in [0.29, 0.717) is 24.9 Å². The van der Waals surface area contributed by atoms with Crippen molar-refractivity contribution in [2.24, 2.45) is 5.73 Å². The molecule has 1 amide bonds. The van der Waals surface area contributed by atoms with Crippen LogP contribution in [0.5, 0.6) is 0 Å². The minimum absolute atomic E-state index is 0.0244.